The van der Waals surface area contributed by atoms with Crippen molar-refractivity contribution in [2.45, 2.75) is 57.2 Å². The molecule has 9 heteroatoms. The van der Waals surface area contributed by atoms with E-state index in [9.17, 15) is 15.3 Å². The summed E-state index contributed by atoms with van der Waals surface area (Å²) in [5.74, 6) is 1.51. The molecule has 2 aliphatic rings. The van der Waals surface area contributed by atoms with Crippen LogP contribution in [0.15, 0.2) is 22.2 Å². The number of aromatic hydroxyl groups is 3. The lowest BCUT2D eigenvalue weighted by molar-refractivity contribution is 0.367. The monoisotopic (exact) mass is 410 g/mol. The number of hydrogen-bond acceptors (Lipinski definition) is 7. The molecular formula is C20H23BN4O3S. The van der Waals surface area contributed by atoms with Crippen LogP contribution in [0.4, 0.5) is 0 Å². The smallest absolute Gasteiger partial charge is 0.268 e. The van der Waals surface area contributed by atoms with Crippen molar-refractivity contribution >= 4 is 24.3 Å². The molecule has 0 amide bonds. The fourth-order valence-corrected chi connectivity index (χ4v) is 4.86. The Morgan fingerprint density at radius 1 is 1.17 bits per heavy atom. The maximum atomic E-state index is 10.1. The van der Waals surface area contributed by atoms with Gasteiger partial charge in [0, 0.05) is 22.3 Å². The van der Waals surface area contributed by atoms with Crippen LogP contribution in [0.3, 0.4) is 0 Å². The fourth-order valence-electron chi connectivity index (χ4n) is 3.79. The molecule has 1 aromatic heterocycles. The number of phenolic OH excluding ortho intramolecular Hbond substituents is 3. The Morgan fingerprint density at radius 3 is 2.55 bits per heavy atom. The van der Waals surface area contributed by atoms with Crippen molar-refractivity contribution in [1.29, 1.82) is 5.26 Å². The Kier molecular flexibility index (Phi) is 5.37. The van der Waals surface area contributed by atoms with Crippen LogP contribution in [-0.2, 0) is 0 Å². The third kappa shape index (κ3) is 4.03. The van der Waals surface area contributed by atoms with Gasteiger partial charge in [0.2, 0.25) is 10.6 Å². The van der Waals surface area contributed by atoms with Crippen molar-refractivity contribution in [3.63, 3.8) is 0 Å². The van der Waals surface area contributed by atoms with E-state index in [2.05, 4.69) is 18.0 Å². The Hall–Kier alpha value is -2.73. The highest BCUT2D eigenvalue weighted by Crippen LogP contribution is 2.42. The van der Waals surface area contributed by atoms with E-state index in [1.54, 1.807) is 11.3 Å². The second kappa shape index (κ2) is 7.95. The molecule has 2 heterocycles. The van der Waals surface area contributed by atoms with E-state index in [1.165, 1.54) is 23.2 Å². The zero-order chi connectivity index (χ0) is 20.5. The second-order valence-corrected chi connectivity index (χ2v) is 8.97. The number of hydrogen-bond donors (Lipinski definition) is 3. The van der Waals surface area contributed by atoms with Crippen LogP contribution in [0.2, 0.25) is 12.6 Å². The van der Waals surface area contributed by atoms with E-state index >= 15 is 0 Å². The molecule has 29 heavy (non-hydrogen) atoms. The minimum absolute atomic E-state index is 0.142. The zero-order valence-corrected chi connectivity index (χ0v) is 17.1. The van der Waals surface area contributed by atoms with Gasteiger partial charge in [-0.25, -0.2) is 9.94 Å². The van der Waals surface area contributed by atoms with Crippen molar-refractivity contribution in [3.05, 3.63) is 33.1 Å². The summed E-state index contributed by atoms with van der Waals surface area (Å²) in [4.78, 5) is 6.96. The molecule has 2 aromatic rings. The summed E-state index contributed by atoms with van der Waals surface area (Å²) < 4.78 is 1.86. The summed E-state index contributed by atoms with van der Waals surface area (Å²) in [6.07, 6.45) is 7.33. The van der Waals surface area contributed by atoms with E-state index in [4.69, 9.17) is 10.3 Å². The van der Waals surface area contributed by atoms with Crippen LogP contribution in [0.5, 0.6) is 17.2 Å². The Morgan fingerprint density at radius 2 is 1.90 bits per heavy atom. The number of aryl methyl sites for hydroxylation is 1. The molecule has 1 aliphatic heterocycles. The number of nitriles is 1. The van der Waals surface area contributed by atoms with Crippen molar-refractivity contribution in [2.75, 3.05) is 0 Å². The van der Waals surface area contributed by atoms with Crippen LogP contribution in [0.25, 0.3) is 0 Å². The van der Waals surface area contributed by atoms with E-state index in [-0.39, 0.29) is 18.5 Å². The zero-order valence-electron chi connectivity index (χ0n) is 16.2. The Labute approximate surface area is 173 Å². The van der Waals surface area contributed by atoms with Crippen LogP contribution >= 0.6 is 11.3 Å². The van der Waals surface area contributed by atoms with Gasteiger partial charge in [0.25, 0.3) is 6.71 Å². The molecular weight excluding hydrogens is 387 g/mol. The molecule has 0 bridgehead atoms. The molecule has 3 N–H and O–H groups in total. The summed E-state index contributed by atoms with van der Waals surface area (Å²) in [6, 6.07) is 3.02. The molecule has 1 aliphatic carbocycles. The lowest BCUT2D eigenvalue weighted by atomic mass is 9.42. The molecule has 1 saturated heterocycles. The van der Waals surface area contributed by atoms with Crippen molar-refractivity contribution in [2.24, 2.45) is 10.1 Å². The van der Waals surface area contributed by atoms with Gasteiger partial charge in [-0.05, 0) is 44.7 Å². The van der Waals surface area contributed by atoms with Crippen LogP contribution in [0, 0.1) is 18.2 Å². The molecule has 0 unspecified atom stereocenters. The number of rotatable bonds is 4. The maximum absolute atomic E-state index is 10.1. The molecule has 4 rings (SSSR count). The molecule has 1 aromatic carbocycles. The molecule has 0 radical (unpaired) electrons. The quantitative estimate of drug-likeness (QED) is 0.407. The lowest BCUT2D eigenvalue weighted by Gasteiger charge is -2.19. The highest BCUT2D eigenvalue weighted by molar-refractivity contribution is 7.09. The van der Waals surface area contributed by atoms with Crippen molar-refractivity contribution < 1.29 is 15.3 Å². The van der Waals surface area contributed by atoms with Gasteiger partial charge in [0.15, 0.2) is 11.5 Å². The summed E-state index contributed by atoms with van der Waals surface area (Å²) in [5.41, 5.74) is 1.47. The number of thiazole rings is 1. The van der Waals surface area contributed by atoms with Gasteiger partial charge in [-0.1, -0.05) is 12.6 Å². The largest absolute Gasteiger partial charge is 0.504 e. The van der Waals surface area contributed by atoms with E-state index in [1.807, 2.05) is 4.68 Å². The van der Waals surface area contributed by atoms with Crippen molar-refractivity contribution in [1.82, 2.24) is 4.68 Å². The summed E-state index contributed by atoms with van der Waals surface area (Å²) >= 11 is 1.62. The third-order valence-corrected chi connectivity index (χ3v) is 6.60. The molecule has 0 spiro atoms. The minimum atomic E-state index is -0.554. The first-order valence-electron chi connectivity index (χ1n) is 9.92. The number of nitrogens with zero attached hydrogens (tertiary/aromatic N) is 4. The molecule has 7 nitrogen and oxygen atoms in total. The molecule has 1 saturated carbocycles. The Balaban J connectivity index is 1.70. The fraction of sp³-hybridized carbons (Fsp3) is 0.450. The first kappa shape index (κ1) is 19.6. The highest BCUT2D eigenvalue weighted by atomic mass is 32.1. The van der Waals surface area contributed by atoms with Gasteiger partial charge in [-0.3, -0.25) is 4.99 Å². The SMILES string of the molecule is Cc1sc(=NC2CCB(C#N)CC2)n(/N=C/c2ccc(O)c(O)c2O)c1C1CC1. The number of aromatic nitrogens is 1. The van der Waals surface area contributed by atoms with Crippen LogP contribution < -0.4 is 4.80 Å². The van der Waals surface area contributed by atoms with Gasteiger partial charge < -0.3 is 15.3 Å². The minimum Gasteiger partial charge on any atom is -0.504 e. The average Bonchev–Trinajstić information content (AvgIpc) is 3.50. The maximum Gasteiger partial charge on any atom is 0.268 e. The van der Waals surface area contributed by atoms with Crippen LogP contribution in [0.1, 0.15) is 47.7 Å². The molecule has 2 fully saturated rings. The highest BCUT2D eigenvalue weighted by Gasteiger charge is 2.30. The van der Waals surface area contributed by atoms with Gasteiger partial charge >= 0.3 is 0 Å². The second-order valence-electron chi connectivity index (χ2n) is 7.79. The van der Waals surface area contributed by atoms with Crippen LogP contribution in [-0.4, -0.2) is 39.0 Å². The van der Waals surface area contributed by atoms with Crippen molar-refractivity contribution in [3.8, 4) is 23.2 Å². The summed E-state index contributed by atoms with van der Waals surface area (Å²) in [6.45, 7) is 2.23. The van der Waals surface area contributed by atoms with Gasteiger partial charge in [-0.2, -0.15) is 5.10 Å². The number of phenols is 3. The van der Waals surface area contributed by atoms with E-state index in [0.717, 1.165) is 48.8 Å². The predicted molar refractivity (Wildman–Crippen MR) is 113 cm³/mol. The van der Waals surface area contributed by atoms with Gasteiger partial charge in [0.05, 0.1) is 18.0 Å². The number of benzene rings is 1. The topological polar surface area (TPSA) is 114 Å². The van der Waals surface area contributed by atoms with E-state index in [0.29, 0.717) is 11.5 Å². The summed E-state index contributed by atoms with van der Waals surface area (Å²) in [5, 5.41) is 43.0. The first-order chi connectivity index (χ1) is 14.0. The lowest BCUT2D eigenvalue weighted by Crippen LogP contribution is -2.25. The average molecular weight is 410 g/mol. The van der Waals surface area contributed by atoms with Gasteiger partial charge in [0.1, 0.15) is 0 Å². The van der Waals surface area contributed by atoms with Gasteiger partial charge in [-0.15, -0.1) is 11.3 Å². The molecule has 150 valence electrons. The standard InChI is InChI=1S/C20H23BN4O3S/c1-12-17(13-2-3-13)25(23-10-14-4-5-16(26)19(28)18(14)27)20(29-12)24-15-6-8-21(11-22)9-7-15/h4-5,10,13,15,26-28H,2-3,6-9H2,1H3/b23-10+,24-20?. The van der Waals surface area contributed by atoms with E-state index < -0.39 is 11.5 Å². The molecule has 0 atom stereocenters. The predicted octanol–water partition coefficient (Wildman–Crippen LogP) is 3.36. The summed E-state index contributed by atoms with van der Waals surface area (Å²) in [7, 11) is 0. The normalized spacial score (nSPS) is 18.5. The first-order valence-corrected chi connectivity index (χ1v) is 10.7. The third-order valence-electron chi connectivity index (χ3n) is 5.62. The Bertz CT molecular complexity index is 1060.